The highest BCUT2D eigenvalue weighted by atomic mass is 32.2. The van der Waals surface area contributed by atoms with Crippen LogP contribution in [0.3, 0.4) is 0 Å². The summed E-state index contributed by atoms with van der Waals surface area (Å²) in [5.74, 6) is -2.38. The van der Waals surface area contributed by atoms with E-state index >= 15 is 0 Å². The second-order valence-electron chi connectivity index (χ2n) is 7.32. The molecule has 1 amide bonds. The quantitative estimate of drug-likeness (QED) is 0.473. The van der Waals surface area contributed by atoms with Crippen molar-refractivity contribution >= 4 is 28.9 Å². The predicted molar refractivity (Wildman–Crippen MR) is 116 cm³/mol. The van der Waals surface area contributed by atoms with E-state index in [-0.39, 0.29) is 17.0 Å². The molecule has 11 heteroatoms. The molecule has 0 aliphatic carbocycles. The normalized spacial score (nSPS) is 16.2. The molecule has 0 spiro atoms. The van der Waals surface area contributed by atoms with Crippen LogP contribution in [-0.4, -0.2) is 52.5 Å². The maximum Gasteiger partial charge on any atom is 0.419 e. The minimum absolute atomic E-state index is 0.0580. The van der Waals surface area contributed by atoms with Gasteiger partial charge in [0, 0.05) is 13.6 Å². The van der Waals surface area contributed by atoms with E-state index < -0.39 is 47.7 Å². The smallest absolute Gasteiger partial charge is 0.419 e. The van der Waals surface area contributed by atoms with Crippen molar-refractivity contribution in [2.24, 2.45) is 4.99 Å². The van der Waals surface area contributed by atoms with E-state index in [9.17, 15) is 27.5 Å². The predicted octanol–water partition coefficient (Wildman–Crippen LogP) is 4.20. The van der Waals surface area contributed by atoms with Gasteiger partial charge in [0.05, 0.1) is 23.2 Å². The maximum absolute atomic E-state index is 14.6. The molecule has 0 saturated carbocycles. The lowest BCUT2D eigenvalue weighted by atomic mass is 10.1. The molecule has 0 aromatic heterocycles. The molecule has 176 valence electrons. The summed E-state index contributed by atoms with van der Waals surface area (Å²) in [6, 6.07) is 7.09. The van der Waals surface area contributed by atoms with E-state index in [1.165, 1.54) is 36.1 Å². The molecule has 2 aromatic carbocycles. The maximum atomic E-state index is 14.6. The Hall–Kier alpha value is -2.89. The van der Waals surface area contributed by atoms with Gasteiger partial charge in [-0.15, -0.1) is 0 Å². The van der Waals surface area contributed by atoms with Crippen molar-refractivity contribution in [1.29, 1.82) is 0 Å². The number of rotatable bonds is 6. The number of nitrogens with zero attached hydrogens (tertiary/aromatic N) is 2. The Morgan fingerprint density at radius 3 is 2.55 bits per heavy atom. The van der Waals surface area contributed by atoms with E-state index in [0.717, 1.165) is 30.0 Å². The molecule has 1 atom stereocenters. The van der Waals surface area contributed by atoms with Crippen molar-refractivity contribution in [2.45, 2.75) is 19.2 Å². The van der Waals surface area contributed by atoms with E-state index in [1.54, 1.807) is 7.05 Å². The summed E-state index contributed by atoms with van der Waals surface area (Å²) < 4.78 is 59.6. The van der Waals surface area contributed by atoms with Crippen molar-refractivity contribution < 1.29 is 37.3 Å². The standard InChI is InChI=1S/C22H20F4N2O4S/c1-12-3-5-17(15(7-12)22(24,25)26)32-18-6-4-13(8-16(18)23)9-19-20(31)27-21(33-19)28(2)10-14(30)11-29/h3-9,14,29-30H,10-11H2,1-2H3/b19-9-. The summed E-state index contributed by atoms with van der Waals surface area (Å²) >= 11 is 1.01. The number of hydrogen-bond donors (Lipinski definition) is 2. The molecular weight excluding hydrogens is 464 g/mol. The third kappa shape index (κ3) is 6.12. The van der Waals surface area contributed by atoms with Crippen LogP contribution >= 0.6 is 11.8 Å². The molecule has 1 aliphatic rings. The number of likely N-dealkylation sites (N-methyl/N-ethyl adjacent to an activating group) is 1. The number of aliphatic hydroxyl groups is 2. The van der Waals surface area contributed by atoms with E-state index in [4.69, 9.17) is 9.84 Å². The number of halogens is 4. The number of benzene rings is 2. The number of aliphatic imine (C=N–C) groups is 1. The number of hydrogen-bond acceptors (Lipinski definition) is 6. The van der Waals surface area contributed by atoms with Gasteiger partial charge >= 0.3 is 6.18 Å². The zero-order valence-corrected chi connectivity index (χ0v) is 18.4. The summed E-state index contributed by atoms with van der Waals surface area (Å²) in [6.45, 7) is 1.12. The van der Waals surface area contributed by atoms with Gasteiger partial charge in [0.2, 0.25) is 0 Å². The second-order valence-corrected chi connectivity index (χ2v) is 8.33. The van der Waals surface area contributed by atoms with Gasteiger partial charge in [0.1, 0.15) is 5.75 Å². The number of amidine groups is 1. The van der Waals surface area contributed by atoms with Crippen LogP contribution in [0.15, 0.2) is 46.3 Å². The van der Waals surface area contributed by atoms with Gasteiger partial charge in [0.15, 0.2) is 16.7 Å². The summed E-state index contributed by atoms with van der Waals surface area (Å²) in [5, 5.41) is 18.8. The molecule has 1 aliphatic heterocycles. The van der Waals surface area contributed by atoms with Crippen molar-refractivity contribution in [3.63, 3.8) is 0 Å². The summed E-state index contributed by atoms with van der Waals surface area (Å²) in [5.41, 5.74) is -0.347. The third-order valence-corrected chi connectivity index (χ3v) is 5.64. The molecular formula is C22H20F4N2O4S. The first-order chi connectivity index (χ1) is 15.5. The van der Waals surface area contributed by atoms with Crippen molar-refractivity contribution in [2.75, 3.05) is 20.2 Å². The number of ether oxygens (including phenoxy) is 1. The fourth-order valence-electron chi connectivity index (χ4n) is 2.93. The fourth-order valence-corrected chi connectivity index (χ4v) is 3.81. The number of amides is 1. The fraction of sp³-hybridized carbons (Fsp3) is 0.273. The lowest BCUT2D eigenvalue weighted by Crippen LogP contribution is -2.33. The largest absolute Gasteiger partial charge is 0.454 e. The number of alkyl halides is 3. The second kappa shape index (κ2) is 9.94. The first kappa shape index (κ1) is 24.7. The number of carbonyl (C=O) groups excluding carboxylic acids is 1. The molecule has 0 radical (unpaired) electrons. The van der Waals surface area contributed by atoms with E-state index in [0.29, 0.717) is 10.7 Å². The Bertz CT molecular complexity index is 1120. The zero-order valence-electron chi connectivity index (χ0n) is 17.6. The Morgan fingerprint density at radius 1 is 1.21 bits per heavy atom. The molecule has 3 rings (SSSR count). The van der Waals surface area contributed by atoms with Crippen molar-refractivity contribution in [1.82, 2.24) is 4.90 Å². The Morgan fingerprint density at radius 2 is 1.91 bits per heavy atom. The lowest BCUT2D eigenvalue weighted by molar-refractivity contribution is -0.138. The highest BCUT2D eigenvalue weighted by molar-refractivity contribution is 8.18. The number of aliphatic hydroxyl groups excluding tert-OH is 2. The highest BCUT2D eigenvalue weighted by Gasteiger charge is 2.35. The van der Waals surface area contributed by atoms with Gasteiger partial charge in [-0.3, -0.25) is 4.79 Å². The van der Waals surface area contributed by atoms with Gasteiger partial charge in [-0.2, -0.15) is 18.2 Å². The van der Waals surface area contributed by atoms with Gasteiger partial charge in [-0.25, -0.2) is 4.39 Å². The third-order valence-electron chi connectivity index (χ3n) is 4.55. The number of aryl methyl sites for hydroxylation is 1. The number of thioether (sulfide) groups is 1. The molecule has 2 N–H and O–H groups in total. The average Bonchev–Trinajstić information content (AvgIpc) is 3.10. The van der Waals surface area contributed by atoms with Crippen LogP contribution in [0, 0.1) is 12.7 Å². The minimum atomic E-state index is -4.67. The Balaban J connectivity index is 1.77. The number of carbonyl (C=O) groups is 1. The topological polar surface area (TPSA) is 82.4 Å². The summed E-state index contributed by atoms with van der Waals surface area (Å²) in [7, 11) is 1.59. The van der Waals surface area contributed by atoms with E-state index in [2.05, 4.69) is 4.99 Å². The van der Waals surface area contributed by atoms with Gasteiger partial charge in [-0.1, -0.05) is 17.7 Å². The SMILES string of the molecule is Cc1ccc(Oc2ccc(/C=C3\SC(N(C)CC(O)CO)=NC3=O)cc2F)c(C(F)(F)F)c1. The average molecular weight is 484 g/mol. The zero-order chi connectivity index (χ0) is 24.3. The van der Waals surface area contributed by atoms with Gasteiger partial charge in [0.25, 0.3) is 5.91 Å². The molecule has 1 heterocycles. The molecule has 1 unspecified atom stereocenters. The monoisotopic (exact) mass is 484 g/mol. The molecule has 0 fully saturated rings. The van der Waals surface area contributed by atoms with Crippen LogP contribution < -0.4 is 4.74 Å². The van der Waals surface area contributed by atoms with E-state index in [1.807, 2.05) is 0 Å². The van der Waals surface area contributed by atoms with Crippen LogP contribution in [0.1, 0.15) is 16.7 Å². The lowest BCUT2D eigenvalue weighted by Gasteiger charge is -2.19. The van der Waals surface area contributed by atoms with Crippen molar-refractivity contribution in [3.8, 4) is 11.5 Å². The minimum Gasteiger partial charge on any atom is -0.454 e. The summed E-state index contributed by atoms with van der Waals surface area (Å²) in [6.07, 6.45) is -4.28. The first-order valence-corrected chi connectivity index (χ1v) is 10.5. The van der Waals surface area contributed by atoms with Crippen LogP contribution in [0.5, 0.6) is 11.5 Å². The molecule has 0 bridgehead atoms. The molecule has 33 heavy (non-hydrogen) atoms. The summed E-state index contributed by atoms with van der Waals surface area (Å²) in [4.78, 5) is 17.7. The van der Waals surface area contributed by atoms with Crippen LogP contribution in [0.4, 0.5) is 17.6 Å². The van der Waals surface area contributed by atoms with Gasteiger partial charge < -0.3 is 19.8 Å². The van der Waals surface area contributed by atoms with Crippen molar-refractivity contribution in [3.05, 3.63) is 63.8 Å². The van der Waals surface area contributed by atoms with Crippen LogP contribution in [-0.2, 0) is 11.0 Å². The van der Waals surface area contributed by atoms with Crippen LogP contribution in [0.2, 0.25) is 0 Å². The Kier molecular flexibility index (Phi) is 7.45. The molecule has 2 aromatic rings. The molecule has 0 saturated heterocycles. The Labute approximate surface area is 191 Å². The van der Waals surface area contributed by atoms with Crippen LogP contribution in [0.25, 0.3) is 6.08 Å². The highest BCUT2D eigenvalue weighted by Crippen LogP contribution is 2.39. The van der Waals surface area contributed by atoms with Gasteiger partial charge in [-0.05, 0) is 54.6 Å². The first-order valence-electron chi connectivity index (χ1n) is 9.66. The molecule has 6 nitrogen and oxygen atoms in total.